The van der Waals surface area contributed by atoms with Crippen molar-refractivity contribution in [3.63, 3.8) is 0 Å². The van der Waals surface area contributed by atoms with Crippen molar-refractivity contribution < 1.29 is 29.1 Å². The molecule has 0 saturated heterocycles. The monoisotopic (exact) mass is 588 g/mol. The number of hydrogen-bond acceptors (Lipinski definition) is 7. The highest BCUT2D eigenvalue weighted by Gasteiger charge is 2.22. The van der Waals surface area contributed by atoms with E-state index >= 15 is 0 Å². The highest BCUT2D eigenvalue weighted by atomic mass is 32.2. The second kappa shape index (κ2) is 25.8. The van der Waals surface area contributed by atoms with Crippen LogP contribution in [0.25, 0.3) is 0 Å². The van der Waals surface area contributed by atoms with E-state index in [-0.39, 0.29) is 42.5 Å². The zero-order valence-corrected chi connectivity index (χ0v) is 26.7. The second-order valence-electron chi connectivity index (χ2n) is 10.4. The molecular weight excluding hydrogens is 532 g/mol. The van der Waals surface area contributed by atoms with Crippen molar-refractivity contribution in [2.24, 2.45) is 5.92 Å². The highest BCUT2D eigenvalue weighted by Crippen LogP contribution is 2.09. The van der Waals surface area contributed by atoms with Gasteiger partial charge in [0.05, 0.1) is 12.6 Å². The number of aliphatic carboxylic acids is 1. The van der Waals surface area contributed by atoms with Crippen molar-refractivity contribution in [3.05, 3.63) is 0 Å². The third-order valence-corrected chi connectivity index (χ3v) is 6.64. The number of carboxylic acid groups (broad SMARTS) is 1. The van der Waals surface area contributed by atoms with Gasteiger partial charge in [-0.05, 0) is 57.0 Å². The Hall–Kier alpha value is -2.14. The summed E-state index contributed by atoms with van der Waals surface area (Å²) in [5, 5.41) is 20.5. The quantitative estimate of drug-likeness (QED) is 0.120. The molecule has 0 aromatic carbocycles. The minimum Gasteiger partial charge on any atom is -0.480 e. The summed E-state index contributed by atoms with van der Waals surface area (Å²) < 4.78 is 0. The van der Waals surface area contributed by atoms with Gasteiger partial charge >= 0.3 is 5.97 Å². The van der Waals surface area contributed by atoms with E-state index < -0.39 is 24.0 Å². The van der Waals surface area contributed by atoms with Crippen LogP contribution in [0.15, 0.2) is 0 Å². The number of ketones is 1. The lowest BCUT2D eigenvalue weighted by Crippen LogP contribution is -2.51. The minimum atomic E-state index is -1.14. The Labute approximate surface area is 246 Å². The van der Waals surface area contributed by atoms with Gasteiger partial charge in [0.1, 0.15) is 11.8 Å². The first-order chi connectivity index (χ1) is 18.9. The van der Waals surface area contributed by atoms with Crippen LogP contribution in [0.3, 0.4) is 0 Å². The average molecular weight is 589 g/mol. The van der Waals surface area contributed by atoms with Gasteiger partial charge in [-0.15, -0.1) is 0 Å². The molecule has 0 aliphatic carbocycles. The van der Waals surface area contributed by atoms with Crippen molar-refractivity contribution in [1.82, 2.24) is 21.3 Å². The number of Topliss-reactive ketones (excluding diaryl/α,β-unsaturated/α-hetero) is 1. The van der Waals surface area contributed by atoms with Crippen LogP contribution in [-0.2, 0) is 24.0 Å². The van der Waals surface area contributed by atoms with Gasteiger partial charge in [0.2, 0.25) is 17.7 Å². The largest absolute Gasteiger partial charge is 0.480 e. The van der Waals surface area contributed by atoms with Crippen LogP contribution < -0.4 is 21.3 Å². The molecule has 0 aliphatic heterocycles. The van der Waals surface area contributed by atoms with E-state index in [0.29, 0.717) is 51.5 Å². The molecule has 0 saturated carbocycles. The number of hydrogen-bond donors (Lipinski definition) is 5. The predicted molar refractivity (Wildman–Crippen MR) is 163 cm³/mol. The molecule has 0 bridgehead atoms. The zero-order valence-electron chi connectivity index (χ0n) is 25.9. The maximum Gasteiger partial charge on any atom is 0.326 e. The second-order valence-corrected chi connectivity index (χ2v) is 11.4. The first-order valence-electron chi connectivity index (χ1n) is 14.8. The number of carbonyl (C=O) groups is 5. The molecule has 0 aromatic rings. The normalized spacial score (nSPS) is 12.9. The third-order valence-electron chi connectivity index (χ3n) is 6.00. The molecule has 10 nitrogen and oxygen atoms in total. The van der Waals surface area contributed by atoms with E-state index in [9.17, 15) is 29.1 Å². The molecule has 0 fully saturated rings. The number of carboxylic acids is 1. The van der Waals surface area contributed by atoms with Crippen LogP contribution in [-0.4, -0.2) is 77.8 Å². The van der Waals surface area contributed by atoms with Crippen LogP contribution in [0.4, 0.5) is 0 Å². The number of amides is 3. The van der Waals surface area contributed by atoms with Gasteiger partial charge in [0.25, 0.3) is 0 Å². The van der Waals surface area contributed by atoms with E-state index in [1.54, 1.807) is 11.8 Å². The molecule has 0 radical (unpaired) electrons. The van der Waals surface area contributed by atoms with Crippen LogP contribution in [0, 0.1) is 5.92 Å². The van der Waals surface area contributed by atoms with Gasteiger partial charge < -0.3 is 26.4 Å². The SMILES string of the molecule is CCC.CCC(C)C(=O)CCCCC(=O)NCCCCC(NC(=O)CNC(=O)C(CCSC)NC(C)C)C(=O)O. The molecule has 3 amide bonds. The molecule has 3 atom stereocenters. The van der Waals surface area contributed by atoms with Crippen LogP contribution in [0.1, 0.15) is 106 Å². The van der Waals surface area contributed by atoms with Crippen LogP contribution >= 0.6 is 11.8 Å². The van der Waals surface area contributed by atoms with E-state index in [2.05, 4.69) is 35.1 Å². The fourth-order valence-corrected chi connectivity index (χ4v) is 4.04. The molecule has 0 spiro atoms. The summed E-state index contributed by atoms with van der Waals surface area (Å²) in [7, 11) is 0. The highest BCUT2D eigenvalue weighted by molar-refractivity contribution is 7.98. The van der Waals surface area contributed by atoms with Crippen LogP contribution in [0.5, 0.6) is 0 Å². The summed E-state index contributed by atoms with van der Waals surface area (Å²) in [6.07, 6.45) is 8.17. The Kier molecular flexibility index (Phi) is 25.8. The fraction of sp³-hybridized carbons (Fsp3) is 0.828. The summed E-state index contributed by atoms with van der Waals surface area (Å²) >= 11 is 1.63. The zero-order chi connectivity index (χ0) is 30.9. The maximum atomic E-state index is 12.4. The number of rotatable bonds is 22. The van der Waals surface area contributed by atoms with Gasteiger partial charge in [0.15, 0.2) is 0 Å². The van der Waals surface area contributed by atoms with Crippen molar-refractivity contribution in [2.45, 2.75) is 124 Å². The van der Waals surface area contributed by atoms with Gasteiger partial charge in [-0.3, -0.25) is 19.2 Å². The Balaban J connectivity index is 0. The Bertz CT molecular complexity index is 735. The van der Waals surface area contributed by atoms with Crippen molar-refractivity contribution in [3.8, 4) is 0 Å². The van der Waals surface area contributed by atoms with E-state index in [1.807, 2.05) is 34.0 Å². The summed E-state index contributed by atoms with van der Waals surface area (Å²) in [6.45, 7) is 12.2. The first-order valence-corrected chi connectivity index (χ1v) is 16.2. The molecule has 11 heteroatoms. The average Bonchev–Trinajstić information content (AvgIpc) is 2.90. The number of nitrogens with one attached hydrogen (secondary N) is 4. The Morgan fingerprint density at radius 2 is 1.43 bits per heavy atom. The summed E-state index contributed by atoms with van der Waals surface area (Å²) in [6, 6.07) is -1.38. The lowest BCUT2D eigenvalue weighted by Gasteiger charge is -2.21. The molecule has 0 heterocycles. The topological polar surface area (TPSA) is 154 Å². The Morgan fingerprint density at radius 3 is 1.98 bits per heavy atom. The van der Waals surface area contributed by atoms with Gasteiger partial charge in [-0.1, -0.05) is 48.0 Å². The van der Waals surface area contributed by atoms with Crippen molar-refractivity contribution in [1.29, 1.82) is 0 Å². The molecular formula is C29H56N4O6S. The number of carbonyl (C=O) groups excluding carboxylic acids is 4. The minimum absolute atomic E-state index is 0.0705. The third kappa shape index (κ3) is 22.7. The maximum absolute atomic E-state index is 12.4. The number of unbranched alkanes of at least 4 members (excludes halogenated alkanes) is 2. The molecule has 0 rings (SSSR count). The summed E-state index contributed by atoms with van der Waals surface area (Å²) in [5.74, 6) is -0.973. The van der Waals surface area contributed by atoms with Gasteiger partial charge in [-0.2, -0.15) is 11.8 Å². The first kappa shape index (κ1) is 40.0. The molecule has 3 unspecified atom stereocenters. The van der Waals surface area contributed by atoms with E-state index in [0.717, 1.165) is 12.2 Å². The molecule has 5 N–H and O–H groups in total. The lowest BCUT2D eigenvalue weighted by molar-refractivity contribution is -0.142. The molecule has 234 valence electrons. The van der Waals surface area contributed by atoms with Crippen molar-refractivity contribution in [2.75, 3.05) is 25.1 Å². The lowest BCUT2D eigenvalue weighted by atomic mass is 9.99. The standard InChI is InChI=1S/C26H48N4O6S.C3H8/c1-6-19(4)22(31)12-7-8-13-23(32)27-15-10-9-11-21(26(35)36)30-24(33)17-28-25(34)20(14-16-37-5)29-18(2)3;1-3-2/h18-21,29H,6-17H2,1-5H3,(H,27,32)(H,28,34)(H,30,33)(H,35,36);3H2,1-2H3. The summed E-state index contributed by atoms with van der Waals surface area (Å²) in [4.78, 5) is 59.9. The van der Waals surface area contributed by atoms with Crippen LogP contribution in [0.2, 0.25) is 0 Å². The Morgan fingerprint density at radius 1 is 0.800 bits per heavy atom. The molecule has 0 aromatic heterocycles. The smallest absolute Gasteiger partial charge is 0.326 e. The van der Waals surface area contributed by atoms with E-state index in [4.69, 9.17) is 0 Å². The molecule has 0 aliphatic rings. The van der Waals surface area contributed by atoms with Crippen molar-refractivity contribution >= 4 is 41.2 Å². The van der Waals surface area contributed by atoms with Gasteiger partial charge in [0, 0.05) is 31.3 Å². The van der Waals surface area contributed by atoms with Gasteiger partial charge in [-0.25, -0.2) is 4.79 Å². The fourth-order valence-electron chi connectivity index (χ4n) is 3.57. The van der Waals surface area contributed by atoms with E-state index in [1.165, 1.54) is 6.42 Å². The predicted octanol–water partition coefficient (Wildman–Crippen LogP) is 3.67. The summed E-state index contributed by atoms with van der Waals surface area (Å²) in [5.41, 5.74) is 0. The molecule has 40 heavy (non-hydrogen) atoms. The number of thioether (sulfide) groups is 1.